The van der Waals surface area contributed by atoms with Crippen LogP contribution in [0.4, 0.5) is 0 Å². The van der Waals surface area contributed by atoms with Crippen LogP contribution in [-0.2, 0) is 6.42 Å². The molecule has 0 spiro atoms. The highest BCUT2D eigenvalue weighted by atomic mass is 15.3. The SMILES string of the molecule is Cc1cnc2nc(CC3CCCCN3)nn2c1. The van der Waals surface area contributed by atoms with Gasteiger partial charge in [-0.25, -0.2) is 9.50 Å². The van der Waals surface area contributed by atoms with Crippen molar-refractivity contribution in [1.29, 1.82) is 0 Å². The Bertz CT molecular complexity index is 513. The number of hydrogen-bond acceptors (Lipinski definition) is 4. The highest BCUT2D eigenvalue weighted by Gasteiger charge is 2.15. The fraction of sp³-hybridized carbons (Fsp3) is 0.583. The molecule has 0 radical (unpaired) electrons. The van der Waals surface area contributed by atoms with Gasteiger partial charge < -0.3 is 5.32 Å². The van der Waals surface area contributed by atoms with Gasteiger partial charge in [-0.3, -0.25) is 0 Å². The van der Waals surface area contributed by atoms with E-state index >= 15 is 0 Å². The van der Waals surface area contributed by atoms with Gasteiger partial charge in [-0.1, -0.05) is 6.42 Å². The van der Waals surface area contributed by atoms with Crippen molar-refractivity contribution in [3.05, 3.63) is 23.8 Å². The lowest BCUT2D eigenvalue weighted by molar-refractivity contribution is 0.394. The van der Waals surface area contributed by atoms with Crippen LogP contribution >= 0.6 is 0 Å². The first kappa shape index (κ1) is 10.7. The van der Waals surface area contributed by atoms with Crippen LogP contribution in [0.25, 0.3) is 5.78 Å². The topological polar surface area (TPSA) is 55.1 Å². The number of nitrogens with zero attached hydrogens (tertiary/aromatic N) is 4. The summed E-state index contributed by atoms with van der Waals surface area (Å²) >= 11 is 0. The molecule has 5 heteroatoms. The molecule has 5 nitrogen and oxygen atoms in total. The smallest absolute Gasteiger partial charge is 0.252 e. The normalized spacial score (nSPS) is 20.9. The van der Waals surface area contributed by atoms with Gasteiger partial charge in [0.05, 0.1) is 0 Å². The molecule has 1 unspecified atom stereocenters. The fourth-order valence-electron chi connectivity index (χ4n) is 2.32. The Morgan fingerprint density at radius 2 is 2.41 bits per heavy atom. The van der Waals surface area contributed by atoms with E-state index in [4.69, 9.17) is 0 Å². The summed E-state index contributed by atoms with van der Waals surface area (Å²) in [4.78, 5) is 8.71. The lowest BCUT2D eigenvalue weighted by atomic mass is 10.0. The van der Waals surface area contributed by atoms with Gasteiger partial charge in [-0.2, -0.15) is 4.98 Å². The molecular formula is C12H17N5. The number of hydrogen-bond donors (Lipinski definition) is 1. The van der Waals surface area contributed by atoms with Crippen molar-refractivity contribution >= 4 is 5.78 Å². The summed E-state index contributed by atoms with van der Waals surface area (Å²) < 4.78 is 1.77. The summed E-state index contributed by atoms with van der Waals surface area (Å²) in [5.74, 6) is 1.59. The highest BCUT2D eigenvalue weighted by Crippen LogP contribution is 2.11. The summed E-state index contributed by atoms with van der Waals surface area (Å²) in [6.07, 6.45) is 8.52. The van der Waals surface area contributed by atoms with E-state index in [0.717, 1.165) is 24.4 Å². The summed E-state index contributed by atoms with van der Waals surface area (Å²) in [5.41, 5.74) is 1.10. The molecule has 2 aromatic rings. The minimum absolute atomic E-state index is 0.530. The minimum atomic E-state index is 0.530. The molecule has 1 saturated heterocycles. The fourth-order valence-corrected chi connectivity index (χ4v) is 2.32. The Morgan fingerprint density at radius 3 is 3.24 bits per heavy atom. The second-order valence-corrected chi connectivity index (χ2v) is 4.75. The zero-order valence-corrected chi connectivity index (χ0v) is 10.1. The van der Waals surface area contributed by atoms with Crippen LogP contribution in [0.3, 0.4) is 0 Å². The van der Waals surface area contributed by atoms with Gasteiger partial charge in [0.25, 0.3) is 5.78 Å². The molecule has 2 aromatic heterocycles. The lowest BCUT2D eigenvalue weighted by Crippen LogP contribution is -2.35. The molecule has 3 heterocycles. The van der Waals surface area contributed by atoms with E-state index in [1.165, 1.54) is 19.3 Å². The number of aromatic nitrogens is 4. The predicted octanol–water partition coefficient (Wildman–Crippen LogP) is 1.12. The minimum Gasteiger partial charge on any atom is -0.314 e. The Labute approximate surface area is 100 Å². The molecule has 0 amide bonds. The average molecular weight is 231 g/mol. The molecule has 3 rings (SSSR count). The number of rotatable bonds is 2. The van der Waals surface area contributed by atoms with Crippen LogP contribution in [0.15, 0.2) is 12.4 Å². The molecule has 17 heavy (non-hydrogen) atoms. The Kier molecular flexibility index (Phi) is 2.76. The van der Waals surface area contributed by atoms with Crippen LogP contribution in [0.5, 0.6) is 0 Å². The van der Waals surface area contributed by atoms with Gasteiger partial charge in [0, 0.05) is 24.9 Å². The quantitative estimate of drug-likeness (QED) is 0.841. The largest absolute Gasteiger partial charge is 0.314 e. The predicted molar refractivity (Wildman–Crippen MR) is 64.9 cm³/mol. The third-order valence-corrected chi connectivity index (χ3v) is 3.21. The van der Waals surface area contributed by atoms with Crippen molar-refractivity contribution in [2.45, 2.75) is 38.6 Å². The number of aryl methyl sites for hydroxylation is 1. The number of fused-ring (bicyclic) bond motifs is 1. The highest BCUT2D eigenvalue weighted by molar-refractivity contribution is 5.27. The first-order chi connectivity index (χ1) is 8.31. The second kappa shape index (κ2) is 4.41. The third kappa shape index (κ3) is 2.29. The first-order valence-electron chi connectivity index (χ1n) is 6.22. The molecule has 1 fully saturated rings. The molecule has 1 atom stereocenters. The Morgan fingerprint density at radius 1 is 1.47 bits per heavy atom. The molecule has 0 bridgehead atoms. The summed E-state index contributed by atoms with van der Waals surface area (Å²) in [6, 6.07) is 0.530. The van der Waals surface area contributed by atoms with Gasteiger partial charge in [0.1, 0.15) is 0 Å². The summed E-state index contributed by atoms with van der Waals surface area (Å²) in [5, 5.41) is 7.98. The van der Waals surface area contributed by atoms with E-state index in [2.05, 4.69) is 20.4 Å². The van der Waals surface area contributed by atoms with Crippen molar-refractivity contribution in [3.8, 4) is 0 Å². The van der Waals surface area contributed by atoms with Crippen molar-refractivity contribution in [2.75, 3.05) is 6.54 Å². The van der Waals surface area contributed by atoms with Crippen molar-refractivity contribution < 1.29 is 0 Å². The number of piperidine rings is 1. The Hall–Kier alpha value is -1.49. The van der Waals surface area contributed by atoms with Crippen molar-refractivity contribution in [1.82, 2.24) is 24.9 Å². The van der Waals surface area contributed by atoms with Gasteiger partial charge in [-0.05, 0) is 31.9 Å². The van der Waals surface area contributed by atoms with Gasteiger partial charge >= 0.3 is 0 Å². The molecule has 1 N–H and O–H groups in total. The van der Waals surface area contributed by atoms with Crippen LogP contribution in [-0.4, -0.2) is 32.2 Å². The summed E-state index contributed by atoms with van der Waals surface area (Å²) in [6.45, 7) is 3.13. The molecule has 0 saturated carbocycles. The first-order valence-corrected chi connectivity index (χ1v) is 6.22. The van der Waals surface area contributed by atoms with E-state index < -0.39 is 0 Å². The second-order valence-electron chi connectivity index (χ2n) is 4.75. The maximum atomic E-state index is 4.47. The number of nitrogens with one attached hydrogen (secondary N) is 1. The van der Waals surface area contributed by atoms with Crippen LogP contribution in [0.2, 0.25) is 0 Å². The van der Waals surface area contributed by atoms with E-state index in [9.17, 15) is 0 Å². The van der Waals surface area contributed by atoms with Crippen LogP contribution in [0, 0.1) is 6.92 Å². The summed E-state index contributed by atoms with van der Waals surface area (Å²) in [7, 11) is 0. The van der Waals surface area contributed by atoms with Crippen molar-refractivity contribution in [3.63, 3.8) is 0 Å². The molecular weight excluding hydrogens is 214 g/mol. The van der Waals surface area contributed by atoms with Gasteiger partial charge in [0.2, 0.25) is 0 Å². The zero-order chi connectivity index (χ0) is 11.7. The van der Waals surface area contributed by atoms with Gasteiger partial charge in [-0.15, -0.1) is 5.10 Å². The van der Waals surface area contributed by atoms with Crippen LogP contribution < -0.4 is 5.32 Å². The monoisotopic (exact) mass is 231 g/mol. The molecule has 1 aliphatic rings. The molecule has 0 aliphatic carbocycles. The molecule has 1 aliphatic heterocycles. The van der Waals surface area contributed by atoms with E-state index in [1.807, 2.05) is 19.3 Å². The standard InChI is InChI=1S/C12H17N5/c1-9-7-14-12-15-11(16-17(12)8-9)6-10-4-2-3-5-13-10/h7-8,10,13H,2-6H2,1H3. The third-order valence-electron chi connectivity index (χ3n) is 3.21. The van der Waals surface area contributed by atoms with Gasteiger partial charge in [0.15, 0.2) is 5.82 Å². The molecule has 90 valence electrons. The molecule has 0 aromatic carbocycles. The van der Waals surface area contributed by atoms with Crippen molar-refractivity contribution in [2.24, 2.45) is 0 Å². The lowest BCUT2D eigenvalue weighted by Gasteiger charge is -2.21. The van der Waals surface area contributed by atoms with Crippen LogP contribution in [0.1, 0.15) is 30.7 Å². The maximum absolute atomic E-state index is 4.47. The zero-order valence-electron chi connectivity index (χ0n) is 10.1. The van der Waals surface area contributed by atoms with E-state index in [0.29, 0.717) is 11.8 Å². The van der Waals surface area contributed by atoms with E-state index in [1.54, 1.807) is 4.52 Å². The average Bonchev–Trinajstić information content (AvgIpc) is 2.71. The Balaban J connectivity index is 1.80. The van der Waals surface area contributed by atoms with E-state index in [-0.39, 0.29) is 0 Å². The maximum Gasteiger partial charge on any atom is 0.252 e.